The number of ether oxygens (including phenoxy) is 1. The maximum Gasteiger partial charge on any atom is 0.156 e. The highest BCUT2D eigenvalue weighted by molar-refractivity contribution is 6.37. The molecule has 0 saturated carbocycles. The number of aliphatic hydroxyl groups is 1. The number of aliphatic hydroxyl groups excluding tert-OH is 1. The summed E-state index contributed by atoms with van der Waals surface area (Å²) in [6.45, 7) is 0.271. The fourth-order valence-corrected chi connectivity index (χ4v) is 2.97. The predicted octanol–water partition coefficient (Wildman–Crippen LogP) is 5.22. The summed E-state index contributed by atoms with van der Waals surface area (Å²) in [4.78, 5) is 0. The van der Waals surface area contributed by atoms with E-state index in [1.54, 1.807) is 12.1 Å². The largest absolute Gasteiger partial charge is 0.486 e. The van der Waals surface area contributed by atoms with Gasteiger partial charge in [-0.1, -0.05) is 59.6 Å². The van der Waals surface area contributed by atoms with Gasteiger partial charge in [-0.2, -0.15) is 0 Å². The van der Waals surface area contributed by atoms with Gasteiger partial charge in [0.25, 0.3) is 0 Å². The number of halogens is 2. The molecule has 22 heavy (non-hydrogen) atoms. The zero-order valence-corrected chi connectivity index (χ0v) is 13.2. The molecule has 3 aromatic carbocycles. The van der Waals surface area contributed by atoms with Crippen LogP contribution < -0.4 is 4.74 Å². The normalized spacial score (nSPS) is 10.9. The van der Waals surface area contributed by atoms with Crippen molar-refractivity contribution in [1.29, 1.82) is 0 Å². The Morgan fingerprint density at radius 2 is 1.50 bits per heavy atom. The zero-order valence-electron chi connectivity index (χ0n) is 11.7. The molecule has 0 fully saturated rings. The average molecular weight is 333 g/mol. The minimum absolute atomic E-state index is 0.107. The van der Waals surface area contributed by atoms with Crippen LogP contribution in [0.5, 0.6) is 5.75 Å². The van der Waals surface area contributed by atoms with Gasteiger partial charge in [-0.25, -0.2) is 0 Å². The second-order valence-electron chi connectivity index (χ2n) is 5.02. The summed E-state index contributed by atoms with van der Waals surface area (Å²) >= 11 is 12.3. The Morgan fingerprint density at radius 3 is 2.18 bits per heavy atom. The Kier molecular flexibility index (Phi) is 4.53. The fourth-order valence-electron chi connectivity index (χ4n) is 2.33. The van der Waals surface area contributed by atoms with Crippen molar-refractivity contribution in [2.45, 2.75) is 13.2 Å². The molecule has 112 valence electrons. The second-order valence-corrected chi connectivity index (χ2v) is 5.83. The standard InChI is InChI=1S/C18H14Cl2O2/c19-16-8-13(10-21)9-17(20)18(16)22-11-12-5-6-14-3-1-2-4-15(14)7-12/h1-9,21H,10-11H2. The van der Waals surface area contributed by atoms with Gasteiger partial charge in [0, 0.05) is 0 Å². The smallest absolute Gasteiger partial charge is 0.156 e. The molecular weight excluding hydrogens is 319 g/mol. The third-order valence-electron chi connectivity index (χ3n) is 3.44. The Balaban J connectivity index is 1.82. The molecule has 2 nitrogen and oxygen atoms in total. The summed E-state index contributed by atoms with van der Waals surface area (Å²) in [5.41, 5.74) is 1.70. The van der Waals surface area contributed by atoms with Crippen LogP contribution in [0.1, 0.15) is 11.1 Å². The first-order chi connectivity index (χ1) is 10.7. The van der Waals surface area contributed by atoms with Crippen molar-refractivity contribution in [3.05, 3.63) is 75.8 Å². The molecule has 4 heteroatoms. The zero-order chi connectivity index (χ0) is 15.5. The summed E-state index contributed by atoms with van der Waals surface area (Å²) in [7, 11) is 0. The van der Waals surface area contributed by atoms with Gasteiger partial charge in [0.2, 0.25) is 0 Å². The van der Waals surface area contributed by atoms with E-state index < -0.39 is 0 Å². The van der Waals surface area contributed by atoms with Gasteiger partial charge in [-0.05, 0) is 40.1 Å². The van der Waals surface area contributed by atoms with Crippen LogP contribution in [0.3, 0.4) is 0 Å². The number of fused-ring (bicyclic) bond motifs is 1. The number of hydrogen-bond donors (Lipinski definition) is 1. The van der Waals surface area contributed by atoms with E-state index in [2.05, 4.69) is 24.3 Å². The predicted molar refractivity (Wildman–Crippen MR) is 90.7 cm³/mol. The molecule has 0 spiro atoms. The van der Waals surface area contributed by atoms with E-state index in [4.69, 9.17) is 33.0 Å². The summed E-state index contributed by atoms with van der Waals surface area (Å²) in [5.74, 6) is 0.439. The summed E-state index contributed by atoms with van der Waals surface area (Å²) < 4.78 is 5.76. The molecular formula is C18H14Cl2O2. The van der Waals surface area contributed by atoms with Gasteiger partial charge in [-0.15, -0.1) is 0 Å². The van der Waals surface area contributed by atoms with Gasteiger partial charge in [0.15, 0.2) is 5.75 Å². The van der Waals surface area contributed by atoms with Crippen molar-refractivity contribution >= 4 is 34.0 Å². The van der Waals surface area contributed by atoms with E-state index in [0.29, 0.717) is 28.0 Å². The fraction of sp³-hybridized carbons (Fsp3) is 0.111. The molecule has 0 radical (unpaired) electrons. The minimum Gasteiger partial charge on any atom is -0.486 e. The molecule has 3 aromatic rings. The molecule has 0 aliphatic rings. The third kappa shape index (κ3) is 3.20. The Hall–Kier alpha value is -1.74. The van der Waals surface area contributed by atoms with Crippen molar-refractivity contribution in [3.8, 4) is 5.75 Å². The van der Waals surface area contributed by atoms with Crippen LogP contribution in [0.25, 0.3) is 10.8 Å². The van der Waals surface area contributed by atoms with E-state index in [9.17, 15) is 0 Å². The Labute approximate surface area is 138 Å². The van der Waals surface area contributed by atoms with Crippen LogP contribution in [-0.4, -0.2) is 5.11 Å². The topological polar surface area (TPSA) is 29.5 Å². The molecule has 0 heterocycles. The molecule has 0 aliphatic heterocycles. The molecule has 0 aromatic heterocycles. The monoisotopic (exact) mass is 332 g/mol. The van der Waals surface area contributed by atoms with Gasteiger partial charge >= 0.3 is 0 Å². The number of benzene rings is 3. The SMILES string of the molecule is OCc1cc(Cl)c(OCc2ccc3ccccc3c2)c(Cl)c1. The molecule has 0 aliphatic carbocycles. The van der Waals surface area contributed by atoms with Crippen LogP contribution in [0.15, 0.2) is 54.6 Å². The molecule has 0 atom stereocenters. The molecule has 1 N–H and O–H groups in total. The van der Waals surface area contributed by atoms with Gasteiger partial charge in [0.05, 0.1) is 16.7 Å². The maximum atomic E-state index is 9.13. The molecule has 3 rings (SSSR count). The Morgan fingerprint density at radius 1 is 0.818 bits per heavy atom. The van der Waals surface area contributed by atoms with Crippen molar-refractivity contribution in [3.63, 3.8) is 0 Å². The second kappa shape index (κ2) is 6.57. The highest BCUT2D eigenvalue weighted by atomic mass is 35.5. The Bertz CT molecular complexity index is 792. The van der Waals surface area contributed by atoms with Crippen LogP contribution in [0.4, 0.5) is 0 Å². The van der Waals surface area contributed by atoms with E-state index in [1.165, 1.54) is 5.39 Å². The van der Waals surface area contributed by atoms with E-state index in [1.807, 2.05) is 18.2 Å². The highest BCUT2D eigenvalue weighted by Crippen LogP contribution is 2.35. The van der Waals surface area contributed by atoms with Gasteiger partial charge < -0.3 is 9.84 Å². The first-order valence-corrected chi connectivity index (χ1v) is 7.62. The highest BCUT2D eigenvalue weighted by Gasteiger charge is 2.10. The lowest BCUT2D eigenvalue weighted by Gasteiger charge is -2.12. The molecule has 0 bridgehead atoms. The number of hydrogen-bond acceptors (Lipinski definition) is 2. The lowest BCUT2D eigenvalue weighted by atomic mass is 10.1. The average Bonchev–Trinajstić information content (AvgIpc) is 2.53. The van der Waals surface area contributed by atoms with Crippen molar-refractivity contribution < 1.29 is 9.84 Å². The van der Waals surface area contributed by atoms with Gasteiger partial charge in [0.1, 0.15) is 6.61 Å². The lowest BCUT2D eigenvalue weighted by molar-refractivity contribution is 0.281. The summed E-state index contributed by atoms with van der Waals surface area (Å²) in [5, 5.41) is 12.3. The first kappa shape index (κ1) is 15.2. The van der Waals surface area contributed by atoms with Crippen LogP contribution in [-0.2, 0) is 13.2 Å². The summed E-state index contributed by atoms with van der Waals surface area (Å²) in [6, 6.07) is 17.6. The van der Waals surface area contributed by atoms with Crippen LogP contribution in [0, 0.1) is 0 Å². The first-order valence-electron chi connectivity index (χ1n) is 6.86. The van der Waals surface area contributed by atoms with Crippen molar-refractivity contribution in [2.75, 3.05) is 0 Å². The van der Waals surface area contributed by atoms with E-state index >= 15 is 0 Å². The maximum absolute atomic E-state index is 9.13. The quantitative estimate of drug-likeness (QED) is 0.709. The van der Waals surface area contributed by atoms with Crippen LogP contribution in [0.2, 0.25) is 10.0 Å². The summed E-state index contributed by atoms with van der Waals surface area (Å²) in [6.07, 6.45) is 0. The van der Waals surface area contributed by atoms with E-state index in [0.717, 1.165) is 10.9 Å². The third-order valence-corrected chi connectivity index (χ3v) is 4.00. The molecule has 0 amide bonds. The molecule has 0 unspecified atom stereocenters. The van der Waals surface area contributed by atoms with Crippen molar-refractivity contribution in [1.82, 2.24) is 0 Å². The minimum atomic E-state index is -0.107. The van der Waals surface area contributed by atoms with Crippen LogP contribution >= 0.6 is 23.2 Å². The van der Waals surface area contributed by atoms with Gasteiger partial charge in [-0.3, -0.25) is 0 Å². The molecule has 0 saturated heterocycles. The van der Waals surface area contributed by atoms with Crippen molar-refractivity contribution in [2.24, 2.45) is 0 Å². The lowest BCUT2D eigenvalue weighted by Crippen LogP contribution is -1.97. The van der Waals surface area contributed by atoms with E-state index in [-0.39, 0.29) is 6.61 Å². The number of rotatable bonds is 4.